The van der Waals surface area contributed by atoms with Crippen molar-refractivity contribution in [2.45, 2.75) is 32.4 Å². The summed E-state index contributed by atoms with van der Waals surface area (Å²) in [5.74, 6) is 0. The Morgan fingerprint density at radius 2 is 2.00 bits per heavy atom. The molecular formula is C14H21Cl2N3. The van der Waals surface area contributed by atoms with Gasteiger partial charge in [-0.05, 0) is 45.6 Å². The highest BCUT2D eigenvalue weighted by molar-refractivity contribution is 6.32. The number of nitrogens with zero attached hydrogens (tertiary/aromatic N) is 3. The fourth-order valence-electron chi connectivity index (χ4n) is 2.63. The average Bonchev–Trinajstić information content (AvgIpc) is 2.42. The Balaban J connectivity index is 1.92. The maximum atomic E-state index is 6.13. The van der Waals surface area contributed by atoms with E-state index in [1.54, 1.807) is 6.07 Å². The normalized spacial score (nSPS) is 18.2. The van der Waals surface area contributed by atoms with Crippen molar-refractivity contribution in [2.24, 2.45) is 0 Å². The second kappa shape index (κ2) is 6.89. The molecule has 0 spiro atoms. The summed E-state index contributed by atoms with van der Waals surface area (Å²) in [6, 6.07) is 4.40. The maximum absolute atomic E-state index is 6.13. The Kier molecular flexibility index (Phi) is 5.46. The van der Waals surface area contributed by atoms with Gasteiger partial charge < -0.3 is 4.90 Å². The lowest BCUT2D eigenvalue weighted by Gasteiger charge is -2.36. The van der Waals surface area contributed by atoms with Gasteiger partial charge in [-0.15, -0.1) is 0 Å². The van der Waals surface area contributed by atoms with Crippen LogP contribution in [0.15, 0.2) is 12.1 Å². The van der Waals surface area contributed by atoms with E-state index in [2.05, 4.69) is 28.8 Å². The van der Waals surface area contributed by atoms with Crippen LogP contribution in [0.1, 0.15) is 25.3 Å². The van der Waals surface area contributed by atoms with Crippen molar-refractivity contribution in [3.05, 3.63) is 28.0 Å². The van der Waals surface area contributed by atoms with Crippen LogP contribution in [-0.2, 0) is 6.54 Å². The number of pyridine rings is 1. The highest BCUT2D eigenvalue weighted by atomic mass is 35.5. The van der Waals surface area contributed by atoms with Crippen LogP contribution in [0.5, 0.6) is 0 Å². The van der Waals surface area contributed by atoms with Crippen LogP contribution in [-0.4, -0.2) is 47.5 Å². The quantitative estimate of drug-likeness (QED) is 0.796. The van der Waals surface area contributed by atoms with Gasteiger partial charge in [0.05, 0.1) is 0 Å². The molecule has 0 aliphatic carbocycles. The van der Waals surface area contributed by atoms with Crippen molar-refractivity contribution in [3.8, 4) is 0 Å². The van der Waals surface area contributed by atoms with E-state index in [4.69, 9.17) is 23.2 Å². The molecule has 1 fully saturated rings. The van der Waals surface area contributed by atoms with Crippen molar-refractivity contribution in [1.82, 2.24) is 14.8 Å². The minimum Gasteiger partial charge on any atom is -0.303 e. The lowest BCUT2D eigenvalue weighted by atomic mass is 10.0. The Morgan fingerprint density at radius 1 is 1.32 bits per heavy atom. The molecule has 2 heterocycles. The molecule has 0 saturated carbocycles. The van der Waals surface area contributed by atoms with Crippen LogP contribution in [0.3, 0.4) is 0 Å². The number of aromatic nitrogens is 1. The highest BCUT2D eigenvalue weighted by Crippen LogP contribution is 2.21. The number of rotatable bonds is 4. The van der Waals surface area contributed by atoms with E-state index in [0.29, 0.717) is 16.3 Å². The molecule has 0 bridgehead atoms. The molecule has 3 nitrogen and oxygen atoms in total. The molecule has 106 valence electrons. The number of hydrogen-bond acceptors (Lipinski definition) is 3. The van der Waals surface area contributed by atoms with Gasteiger partial charge in [0.1, 0.15) is 10.3 Å². The molecule has 1 aliphatic heterocycles. The van der Waals surface area contributed by atoms with E-state index in [1.807, 2.05) is 6.07 Å². The highest BCUT2D eigenvalue weighted by Gasteiger charge is 2.22. The van der Waals surface area contributed by atoms with E-state index >= 15 is 0 Å². The van der Waals surface area contributed by atoms with Crippen LogP contribution < -0.4 is 0 Å². The predicted molar refractivity (Wildman–Crippen MR) is 80.9 cm³/mol. The molecule has 1 saturated heterocycles. The summed E-state index contributed by atoms with van der Waals surface area (Å²) >= 11 is 11.9. The Bertz CT molecular complexity index is 417. The summed E-state index contributed by atoms with van der Waals surface area (Å²) in [6.07, 6.45) is 2.45. The first-order chi connectivity index (χ1) is 9.10. The van der Waals surface area contributed by atoms with Crippen LogP contribution in [0.25, 0.3) is 0 Å². The van der Waals surface area contributed by atoms with Gasteiger partial charge in [-0.1, -0.05) is 36.2 Å². The second-order valence-corrected chi connectivity index (χ2v) is 5.91. The molecule has 5 heteroatoms. The fourth-order valence-corrected chi connectivity index (χ4v) is 3.04. The average molecular weight is 302 g/mol. The fraction of sp³-hybridized carbons (Fsp3) is 0.643. The monoisotopic (exact) mass is 301 g/mol. The van der Waals surface area contributed by atoms with Gasteiger partial charge in [-0.3, -0.25) is 4.90 Å². The van der Waals surface area contributed by atoms with E-state index in [1.165, 1.54) is 25.9 Å². The third-order valence-electron chi connectivity index (χ3n) is 3.94. The molecular weight excluding hydrogens is 281 g/mol. The zero-order valence-corrected chi connectivity index (χ0v) is 13.1. The van der Waals surface area contributed by atoms with E-state index < -0.39 is 0 Å². The van der Waals surface area contributed by atoms with E-state index in [9.17, 15) is 0 Å². The SMILES string of the molecule is CCN1CCC(N(C)Cc2ccc(Cl)nc2Cl)CC1. The first kappa shape index (κ1) is 15.0. The molecule has 0 N–H and O–H groups in total. The number of hydrogen-bond donors (Lipinski definition) is 0. The van der Waals surface area contributed by atoms with Crippen LogP contribution in [0, 0.1) is 0 Å². The zero-order chi connectivity index (χ0) is 13.8. The van der Waals surface area contributed by atoms with Crippen molar-refractivity contribution >= 4 is 23.2 Å². The topological polar surface area (TPSA) is 19.4 Å². The number of likely N-dealkylation sites (tertiary alicyclic amines) is 1. The minimum absolute atomic E-state index is 0.452. The van der Waals surface area contributed by atoms with Crippen molar-refractivity contribution in [1.29, 1.82) is 0 Å². The van der Waals surface area contributed by atoms with Gasteiger partial charge >= 0.3 is 0 Å². The lowest BCUT2D eigenvalue weighted by molar-refractivity contribution is 0.127. The molecule has 0 amide bonds. The predicted octanol–water partition coefficient (Wildman–Crippen LogP) is 3.30. The molecule has 1 aromatic heterocycles. The van der Waals surface area contributed by atoms with Crippen molar-refractivity contribution in [3.63, 3.8) is 0 Å². The lowest BCUT2D eigenvalue weighted by Crippen LogP contribution is -2.42. The molecule has 0 aromatic carbocycles. The Morgan fingerprint density at radius 3 is 2.58 bits per heavy atom. The van der Waals surface area contributed by atoms with Gasteiger partial charge in [0.15, 0.2) is 0 Å². The smallest absolute Gasteiger partial charge is 0.135 e. The molecule has 0 unspecified atom stereocenters. The third kappa shape index (κ3) is 4.06. The summed E-state index contributed by atoms with van der Waals surface area (Å²) in [6.45, 7) is 6.60. The van der Waals surface area contributed by atoms with Crippen molar-refractivity contribution in [2.75, 3.05) is 26.7 Å². The Hall–Kier alpha value is -0.350. The molecule has 1 aromatic rings. The number of halogens is 2. The van der Waals surface area contributed by atoms with Crippen LogP contribution in [0.4, 0.5) is 0 Å². The van der Waals surface area contributed by atoms with Gasteiger partial charge in [0, 0.05) is 18.2 Å². The zero-order valence-electron chi connectivity index (χ0n) is 11.6. The van der Waals surface area contributed by atoms with Crippen molar-refractivity contribution < 1.29 is 0 Å². The van der Waals surface area contributed by atoms with Gasteiger partial charge in [-0.25, -0.2) is 4.98 Å². The second-order valence-electron chi connectivity index (χ2n) is 5.16. The van der Waals surface area contributed by atoms with Crippen LogP contribution in [0.2, 0.25) is 10.3 Å². The molecule has 1 aliphatic rings. The summed E-state index contributed by atoms with van der Waals surface area (Å²) in [5.41, 5.74) is 1.05. The van der Waals surface area contributed by atoms with E-state index in [0.717, 1.165) is 18.7 Å². The minimum atomic E-state index is 0.452. The first-order valence-electron chi connectivity index (χ1n) is 6.83. The summed E-state index contributed by atoms with van der Waals surface area (Å²) in [5, 5.41) is 0.970. The molecule has 0 atom stereocenters. The van der Waals surface area contributed by atoms with Crippen LogP contribution >= 0.6 is 23.2 Å². The van der Waals surface area contributed by atoms with Gasteiger partial charge in [-0.2, -0.15) is 0 Å². The first-order valence-corrected chi connectivity index (χ1v) is 7.59. The maximum Gasteiger partial charge on any atom is 0.135 e. The molecule has 0 radical (unpaired) electrons. The van der Waals surface area contributed by atoms with Gasteiger partial charge in [0.25, 0.3) is 0 Å². The summed E-state index contributed by atoms with van der Waals surface area (Å²) < 4.78 is 0. The summed E-state index contributed by atoms with van der Waals surface area (Å²) in [7, 11) is 2.16. The standard InChI is InChI=1S/C14H21Cl2N3/c1-3-19-8-6-12(7-9-19)18(2)10-11-4-5-13(15)17-14(11)16/h4-5,12H,3,6-10H2,1-2H3. The largest absolute Gasteiger partial charge is 0.303 e. The third-order valence-corrected chi connectivity index (χ3v) is 4.48. The molecule has 2 rings (SSSR count). The number of piperidine rings is 1. The van der Waals surface area contributed by atoms with E-state index in [-0.39, 0.29) is 0 Å². The van der Waals surface area contributed by atoms with Gasteiger partial charge in [0.2, 0.25) is 0 Å². The molecule has 19 heavy (non-hydrogen) atoms. The Labute approximate surface area is 125 Å². The summed E-state index contributed by atoms with van der Waals surface area (Å²) in [4.78, 5) is 8.97.